The van der Waals surface area contributed by atoms with E-state index in [4.69, 9.17) is 4.74 Å². The van der Waals surface area contributed by atoms with E-state index in [-0.39, 0.29) is 0 Å². The Hall–Kier alpha value is -1.83. The summed E-state index contributed by atoms with van der Waals surface area (Å²) in [5, 5.41) is 0. The van der Waals surface area contributed by atoms with Gasteiger partial charge in [-0.05, 0) is 60.9 Å². The molecule has 0 saturated carbocycles. The number of hydrogen-bond donors (Lipinski definition) is 0. The van der Waals surface area contributed by atoms with Crippen molar-refractivity contribution < 1.29 is 9.53 Å². The Morgan fingerprint density at radius 2 is 2.10 bits per heavy atom. The number of carbonyl (C=O) groups excluding carboxylic acids is 1. The molecule has 0 heterocycles. The van der Waals surface area contributed by atoms with Crippen LogP contribution in [0.1, 0.15) is 47.3 Å². The van der Waals surface area contributed by atoms with Gasteiger partial charge in [-0.15, -0.1) is 0 Å². The molecule has 0 fully saturated rings. The third-order valence-electron chi connectivity index (χ3n) is 4.27. The molecule has 2 heteroatoms. The second-order valence-electron chi connectivity index (χ2n) is 5.81. The van der Waals surface area contributed by atoms with Gasteiger partial charge in [0.1, 0.15) is 12.4 Å². The first-order valence-corrected chi connectivity index (χ1v) is 7.65. The average Bonchev–Trinajstić information content (AvgIpc) is 2.50. The third kappa shape index (κ3) is 3.44. The van der Waals surface area contributed by atoms with Crippen molar-refractivity contribution in [3.05, 3.63) is 52.1 Å². The lowest BCUT2D eigenvalue weighted by Crippen LogP contribution is -2.07. The highest BCUT2D eigenvalue weighted by Gasteiger charge is 2.13. The van der Waals surface area contributed by atoms with E-state index in [9.17, 15) is 4.79 Å². The van der Waals surface area contributed by atoms with Crippen LogP contribution in [0.4, 0.5) is 0 Å². The molecule has 0 bridgehead atoms. The molecule has 1 aromatic carbocycles. The van der Waals surface area contributed by atoms with E-state index in [0.717, 1.165) is 47.1 Å². The van der Waals surface area contributed by atoms with E-state index >= 15 is 0 Å². The maximum Gasteiger partial charge on any atom is 0.150 e. The van der Waals surface area contributed by atoms with Gasteiger partial charge in [0, 0.05) is 5.56 Å². The topological polar surface area (TPSA) is 26.3 Å². The highest BCUT2D eigenvalue weighted by molar-refractivity contribution is 5.81. The summed E-state index contributed by atoms with van der Waals surface area (Å²) in [6.07, 6.45) is 9.50. The molecular weight excluding hydrogens is 260 g/mol. The summed E-state index contributed by atoms with van der Waals surface area (Å²) in [5.74, 6) is 1.51. The van der Waals surface area contributed by atoms with E-state index in [2.05, 4.69) is 32.1 Å². The molecule has 0 spiro atoms. The predicted molar refractivity (Wildman–Crippen MR) is 87.2 cm³/mol. The predicted octanol–water partition coefficient (Wildman–Crippen LogP) is 4.58. The molecule has 0 aliphatic heterocycles. The van der Waals surface area contributed by atoms with Crippen LogP contribution in [0.2, 0.25) is 0 Å². The molecule has 0 N–H and O–H groups in total. The fourth-order valence-corrected chi connectivity index (χ4v) is 2.62. The number of allylic oxidation sites excluding steroid dienone is 2. The lowest BCUT2D eigenvalue weighted by molar-refractivity contribution is 0.112. The van der Waals surface area contributed by atoms with Gasteiger partial charge < -0.3 is 4.74 Å². The van der Waals surface area contributed by atoms with E-state index in [1.54, 1.807) is 0 Å². The molecule has 0 saturated heterocycles. The molecule has 1 unspecified atom stereocenters. The van der Waals surface area contributed by atoms with Gasteiger partial charge in [0.15, 0.2) is 6.29 Å². The normalized spacial score (nSPS) is 17.5. The molecule has 21 heavy (non-hydrogen) atoms. The summed E-state index contributed by atoms with van der Waals surface area (Å²) in [6, 6.07) is 2.02. The summed E-state index contributed by atoms with van der Waals surface area (Å²) >= 11 is 0. The molecule has 1 aromatic rings. The summed E-state index contributed by atoms with van der Waals surface area (Å²) < 4.78 is 6.00. The summed E-state index contributed by atoms with van der Waals surface area (Å²) in [4.78, 5) is 11.2. The van der Waals surface area contributed by atoms with Crippen LogP contribution >= 0.6 is 0 Å². The largest absolute Gasteiger partial charge is 0.489 e. The Labute approximate surface area is 127 Å². The first-order valence-electron chi connectivity index (χ1n) is 7.65. The smallest absolute Gasteiger partial charge is 0.150 e. The van der Waals surface area contributed by atoms with Crippen molar-refractivity contribution in [1.82, 2.24) is 0 Å². The molecule has 0 aromatic heterocycles. The standard InChI is InChI=1S/C19H24O2/c1-5-17-10-19(15(4)14(3)18(17)11-20)21-12-16-8-6-13(2)7-9-16/h6,8-11,13H,5,7,12H2,1-4H3. The van der Waals surface area contributed by atoms with Gasteiger partial charge in [0.05, 0.1) is 0 Å². The number of carbonyl (C=O) groups is 1. The third-order valence-corrected chi connectivity index (χ3v) is 4.27. The fraction of sp³-hybridized carbons (Fsp3) is 0.421. The zero-order valence-corrected chi connectivity index (χ0v) is 13.4. The number of aryl methyl sites for hydroxylation is 1. The summed E-state index contributed by atoms with van der Waals surface area (Å²) in [6.45, 7) is 8.88. The first kappa shape index (κ1) is 15.6. The Balaban J connectivity index is 2.19. The van der Waals surface area contributed by atoms with E-state index in [1.807, 2.05) is 19.9 Å². The second-order valence-corrected chi connectivity index (χ2v) is 5.81. The van der Waals surface area contributed by atoms with Crippen molar-refractivity contribution in [3.8, 4) is 5.75 Å². The van der Waals surface area contributed by atoms with Crippen molar-refractivity contribution in [2.24, 2.45) is 5.92 Å². The first-order chi connectivity index (χ1) is 10.1. The van der Waals surface area contributed by atoms with Crippen LogP contribution in [-0.4, -0.2) is 12.9 Å². The van der Waals surface area contributed by atoms with Crippen molar-refractivity contribution >= 4 is 6.29 Å². The Bertz CT molecular complexity index is 594. The van der Waals surface area contributed by atoms with Gasteiger partial charge in [-0.25, -0.2) is 0 Å². The Kier molecular flexibility index (Phi) is 5.00. The Morgan fingerprint density at radius 3 is 2.67 bits per heavy atom. The Morgan fingerprint density at radius 1 is 1.33 bits per heavy atom. The van der Waals surface area contributed by atoms with E-state index in [1.165, 1.54) is 5.57 Å². The molecule has 112 valence electrons. The van der Waals surface area contributed by atoms with E-state index in [0.29, 0.717) is 12.5 Å². The highest BCUT2D eigenvalue weighted by atomic mass is 16.5. The molecule has 2 nitrogen and oxygen atoms in total. The van der Waals surface area contributed by atoms with Crippen LogP contribution in [0.5, 0.6) is 5.75 Å². The number of ether oxygens (including phenoxy) is 1. The van der Waals surface area contributed by atoms with Crippen LogP contribution in [0, 0.1) is 19.8 Å². The molecule has 0 radical (unpaired) electrons. The zero-order chi connectivity index (χ0) is 15.4. The van der Waals surface area contributed by atoms with Gasteiger partial charge in [0.2, 0.25) is 0 Å². The SMILES string of the molecule is CCc1cc(OCC2=CCC(C)C=C2)c(C)c(C)c1C=O. The van der Waals surface area contributed by atoms with Gasteiger partial charge in [-0.2, -0.15) is 0 Å². The van der Waals surface area contributed by atoms with Crippen LogP contribution in [0.3, 0.4) is 0 Å². The van der Waals surface area contributed by atoms with Crippen LogP contribution in [0.25, 0.3) is 0 Å². The van der Waals surface area contributed by atoms with Gasteiger partial charge in [-0.3, -0.25) is 4.79 Å². The minimum atomic E-state index is 0.590. The maximum absolute atomic E-state index is 11.2. The zero-order valence-electron chi connectivity index (χ0n) is 13.4. The van der Waals surface area contributed by atoms with Crippen LogP contribution in [0.15, 0.2) is 29.9 Å². The quantitative estimate of drug-likeness (QED) is 0.740. The van der Waals surface area contributed by atoms with Gasteiger partial charge in [-0.1, -0.05) is 32.1 Å². The van der Waals surface area contributed by atoms with E-state index < -0.39 is 0 Å². The molecule has 1 atom stereocenters. The van der Waals surface area contributed by atoms with Crippen molar-refractivity contribution in [2.45, 2.75) is 40.5 Å². The minimum Gasteiger partial charge on any atom is -0.489 e. The van der Waals surface area contributed by atoms with Gasteiger partial charge in [0.25, 0.3) is 0 Å². The second kappa shape index (κ2) is 6.75. The van der Waals surface area contributed by atoms with Crippen molar-refractivity contribution in [3.63, 3.8) is 0 Å². The monoisotopic (exact) mass is 284 g/mol. The minimum absolute atomic E-state index is 0.590. The summed E-state index contributed by atoms with van der Waals surface area (Å²) in [5.41, 5.74) is 5.18. The lowest BCUT2D eigenvalue weighted by Gasteiger charge is -2.17. The lowest BCUT2D eigenvalue weighted by atomic mass is 9.96. The number of rotatable bonds is 5. The molecule has 2 rings (SSSR count). The van der Waals surface area contributed by atoms with Crippen LogP contribution < -0.4 is 4.74 Å². The average molecular weight is 284 g/mol. The van der Waals surface area contributed by atoms with Crippen molar-refractivity contribution in [2.75, 3.05) is 6.61 Å². The maximum atomic E-state index is 11.2. The van der Waals surface area contributed by atoms with Gasteiger partial charge >= 0.3 is 0 Å². The molecule has 1 aliphatic rings. The number of aldehydes is 1. The fourth-order valence-electron chi connectivity index (χ4n) is 2.62. The molecular formula is C19H24O2. The molecule has 1 aliphatic carbocycles. The summed E-state index contributed by atoms with van der Waals surface area (Å²) in [7, 11) is 0. The van der Waals surface area contributed by atoms with Crippen molar-refractivity contribution in [1.29, 1.82) is 0 Å². The number of hydrogen-bond acceptors (Lipinski definition) is 2. The number of benzene rings is 1. The molecule has 0 amide bonds. The highest BCUT2D eigenvalue weighted by Crippen LogP contribution is 2.28. The van der Waals surface area contributed by atoms with Crippen LogP contribution in [-0.2, 0) is 6.42 Å².